The molecular weight excluding hydrogens is 298 g/mol. The molecule has 1 aliphatic rings. The van der Waals surface area contributed by atoms with Crippen LogP contribution in [-0.2, 0) is 17.7 Å². The topological polar surface area (TPSA) is 85.6 Å². The number of esters is 1. The van der Waals surface area contributed by atoms with Crippen LogP contribution in [0.1, 0.15) is 21.5 Å². The standard InChI is InChI=1S/C16H15N3O4/c1-23-16(20)13-8-14(19(21)22)15(17-9-13)18-7-6-11-4-2-3-5-12(11)10-18/h2-5,8-9H,6-7,10H2,1H3. The number of hydrogen-bond donors (Lipinski definition) is 0. The Bertz CT molecular complexity index is 776. The van der Waals surface area contributed by atoms with Crippen molar-refractivity contribution in [1.82, 2.24) is 4.98 Å². The first-order valence-corrected chi connectivity index (χ1v) is 7.14. The first kappa shape index (κ1) is 15.0. The van der Waals surface area contributed by atoms with Gasteiger partial charge in [-0.1, -0.05) is 24.3 Å². The van der Waals surface area contributed by atoms with Gasteiger partial charge in [-0.25, -0.2) is 9.78 Å². The summed E-state index contributed by atoms with van der Waals surface area (Å²) in [6.45, 7) is 1.20. The van der Waals surface area contributed by atoms with Crippen LogP contribution < -0.4 is 4.90 Å². The van der Waals surface area contributed by atoms with Gasteiger partial charge in [0.15, 0.2) is 0 Å². The molecule has 7 heteroatoms. The minimum absolute atomic E-state index is 0.0698. The molecule has 0 N–H and O–H groups in total. The van der Waals surface area contributed by atoms with Gasteiger partial charge in [-0.15, -0.1) is 0 Å². The minimum Gasteiger partial charge on any atom is -0.465 e. The molecule has 2 aromatic rings. The lowest BCUT2D eigenvalue weighted by molar-refractivity contribution is -0.384. The van der Waals surface area contributed by atoms with Gasteiger partial charge >= 0.3 is 11.7 Å². The Morgan fingerprint density at radius 1 is 1.35 bits per heavy atom. The SMILES string of the molecule is COC(=O)c1cnc(N2CCc3ccccc3C2)c([N+](=O)[O-])c1. The van der Waals surface area contributed by atoms with Crippen molar-refractivity contribution in [2.24, 2.45) is 0 Å². The highest BCUT2D eigenvalue weighted by atomic mass is 16.6. The molecule has 0 saturated heterocycles. The third-order valence-corrected chi connectivity index (χ3v) is 3.90. The predicted molar refractivity (Wildman–Crippen MR) is 83.4 cm³/mol. The summed E-state index contributed by atoms with van der Waals surface area (Å²) in [6.07, 6.45) is 2.11. The molecule has 1 aliphatic heterocycles. The van der Waals surface area contributed by atoms with E-state index in [0.717, 1.165) is 12.0 Å². The van der Waals surface area contributed by atoms with E-state index in [1.54, 1.807) is 0 Å². The van der Waals surface area contributed by atoms with E-state index in [9.17, 15) is 14.9 Å². The first-order valence-electron chi connectivity index (χ1n) is 7.14. The second kappa shape index (κ2) is 6.04. The predicted octanol–water partition coefficient (Wildman–Crippen LogP) is 2.34. The molecular formula is C16H15N3O4. The zero-order valence-electron chi connectivity index (χ0n) is 12.6. The number of pyridine rings is 1. The monoisotopic (exact) mass is 313 g/mol. The normalized spacial score (nSPS) is 13.3. The smallest absolute Gasteiger partial charge is 0.339 e. The molecule has 0 spiro atoms. The number of nitro groups is 1. The van der Waals surface area contributed by atoms with Gasteiger partial charge in [0.05, 0.1) is 17.6 Å². The number of benzene rings is 1. The molecule has 0 amide bonds. The number of anilines is 1. The third-order valence-electron chi connectivity index (χ3n) is 3.90. The summed E-state index contributed by atoms with van der Waals surface area (Å²) >= 11 is 0. The van der Waals surface area contributed by atoms with Crippen molar-refractivity contribution in [1.29, 1.82) is 0 Å². The van der Waals surface area contributed by atoms with Gasteiger partial charge in [0, 0.05) is 25.4 Å². The van der Waals surface area contributed by atoms with Crippen molar-refractivity contribution in [2.45, 2.75) is 13.0 Å². The van der Waals surface area contributed by atoms with Crippen molar-refractivity contribution in [3.05, 3.63) is 63.3 Å². The van der Waals surface area contributed by atoms with Gasteiger partial charge in [-0.3, -0.25) is 10.1 Å². The van der Waals surface area contributed by atoms with Crippen molar-refractivity contribution in [3.63, 3.8) is 0 Å². The molecule has 2 heterocycles. The number of aromatic nitrogens is 1. The molecule has 118 valence electrons. The van der Waals surface area contributed by atoms with Crippen LogP contribution in [0.2, 0.25) is 0 Å². The molecule has 0 radical (unpaired) electrons. The van der Waals surface area contributed by atoms with E-state index in [1.807, 2.05) is 23.1 Å². The maximum absolute atomic E-state index is 11.5. The number of carbonyl (C=O) groups is 1. The van der Waals surface area contributed by atoms with Crippen LogP contribution in [0, 0.1) is 10.1 Å². The highest BCUT2D eigenvalue weighted by Crippen LogP contribution is 2.30. The Labute approximate surface area is 132 Å². The lowest BCUT2D eigenvalue weighted by Crippen LogP contribution is -2.31. The third kappa shape index (κ3) is 2.85. The van der Waals surface area contributed by atoms with E-state index in [0.29, 0.717) is 13.1 Å². The Balaban J connectivity index is 1.97. The average Bonchev–Trinajstić information content (AvgIpc) is 2.60. The quantitative estimate of drug-likeness (QED) is 0.491. The first-order chi connectivity index (χ1) is 11.1. The van der Waals surface area contributed by atoms with Crippen molar-refractivity contribution in [2.75, 3.05) is 18.6 Å². The van der Waals surface area contributed by atoms with Crippen LogP contribution in [0.25, 0.3) is 0 Å². The van der Waals surface area contributed by atoms with E-state index in [2.05, 4.69) is 15.8 Å². The summed E-state index contributed by atoms with van der Waals surface area (Å²) in [7, 11) is 1.23. The van der Waals surface area contributed by atoms with Crippen LogP contribution in [-0.4, -0.2) is 29.5 Å². The summed E-state index contributed by atoms with van der Waals surface area (Å²) in [5, 5.41) is 11.4. The summed E-state index contributed by atoms with van der Waals surface area (Å²) in [5.41, 5.74) is 2.26. The van der Waals surface area contributed by atoms with Gasteiger partial charge in [0.2, 0.25) is 5.82 Å². The fourth-order valence-electron chi connectivity index (χ4n) is 2.73. The Morgan fingerprint density at radius 3 is 2.78 bits per heavy atom. The van der Waals surface area contributed by atoms with Gasteiger partial charge in [0.1, 0.15) is 0 Å². The van der Waals surface area contributed by atoms with E-state index < -0.39 is 10.9 Å². The molecule has 0 unspecified atom stereocenters. The number of rotatable bonds is 3. The molecule has 23 heavy (non-hydrogen) atoms. The van der Waals surface area contributed by atoms with Crippen LogP contribution in [0.3, 0.4) is 0 Å². The molecule has 3 rings (SSSR count). The van der Waals surface area contributed by atoms with E-state index >= 15 is 0 Å². The van der Waals surface area contributed by atoms with Gasteiger partial charge in [0.25, 0.3) is 0 Å². The molecule has 0 atom stereocenters. The fourth-order valence-corrected chi connectivity index (χ4v) is 2.73. The number of methoxy groups -OCH3 is 1. The van der Waals surface area contributed by atoms with Crippen LogP contribution in [0.5, 0.6) is 0 Å². The highest BCUT2D eigenvalue weighted by molar-refractivity contribution is 5.90. The number of ether oxygens (including phenoxy) is 1. The summed E-state index contributed by atoms with van der Waals surface area (Å²) in [6, 6.07) is 9.23. The largest absolute Gasteiger partial charge is 0.465 e. The van der Waals surface area contributed by atoms with Crippen molar-refractivity contribution < 1.29 is 14.5 Å². The summed E-state index contributed by atoms with van der Waals surface area (Å²) in [4.78, 5) is 28.4. The van der Waals surface area contributed by atoms with E-state index in [4.69, 9.17) is 0 Å². The maximum atomic E-state index is 11.5. The second-order valence-electron chi connectivity index (χ2n) is 5.26. The Hall–Kier alpha value is -2.96. The fraction of sp³-hybridized carbons (Fsp3) is 0.250. The van der Waals surface area contributed by atoms with Crippen LogP contribution in [0.15, 0.2) is 36.5 Å². The highest BCUT2D eigenvalue weighted by Gasteiger charge is 2.26. The molecule has 1 aromatic heterocycles. The summed E-state index contributed by atoms with van der Waals surface area (Å²) < 4.78 is 4.59. The maximum Gasteiger partial charge on any atom is 0.339 e. The van der Waals surface area contributed by atoms with Gasteiger partial charge in [-0.2, -0.15) is 0 Å². The Morgan fingerprint density at radius 2 is 2.09 bits per heavy atom. The van der Waals surface area contributed by atoms with Crippen molar-refractivity contribution >= 4 is 17.5 Å². The molecule has 1 aromatic carbocycles. The lowest BCUT2D eigenvalue weighted by atomic mass is 10.00. The van der Waals surface area contributed by atoms with Crippen molar-refractivity contribution in [3.8, 4) is 0 Å². The minimum atomic E-state index is -0.642. The lowest BCUT2D eigenvalue weighted by Gasteiger charge is -2.29. The number of hydrogen-bond acceptors (Lipinski definition) is 6. The van der Waals surface area contributed by atoms with Gasteiger partial charge < -0.3 is 9.64 Å². The Kier molecular flexibility index (Phi) is 3.92. The molecule has 0 bridgehead atoms. The summed E-state index contributed by atoms with van der Waals surface area (Å²) in [5.74, 6) is -0.367. The zero-order chi connectivity index (χ0) is 16.4. The van der Waals surface area contributed by atoms with Crippen LogP contribution in [0.4, 0.5) is 11.5 Å². The molecule has 0 aliphatic carbocycles. The zero-order valence-corrected chi connectivity index (χ0v) is 12.6. The molecule has 0 fully saturated rings. The van der Waals surface area contributed by atoms with Crippen LogP contribution >= 0.6 is 0 Å². The van der Waals surface area contributed by atoms with Gasteiger partial charge in [-0.05, 0) is 17.5 Å². The number of fused-ring (bicyclic) bond motifs is 1. The number of carbonyl (C=O) groups excluding carboxylic acids is 1. The number of nitrogens with zero attached hydrogens (tertiary/aromatic N) is 3. The average molecular weight is 313 g/mol. The molecule has 7 nitrogen and oxygen atoms in total. The van der Waals surface area contributed by atoms with E-state index in [1.165, 1.54) is 24.9 Å². The second-order valence-corrected chi connectivity index (χ2v) is 5.26. The molecule has 0 saturated carbocycles. The van der Waals surface area contributed by atoms with E-state index in [-0.39, 0.29) is 17.1 Å².